The van der Waals surface area contributed by atoms with Gasteiger partial charge in [-0.3, -0.25) is 4.79 Å². The molecule has 88 valence electrons. The van der Waals surface area contributed by atoms with E-state index in [1.54, 1.807) is 0 Å². The molecule has 0 saturated heterocycles. The molecule has 0 aliphatic carbocycles. The Morgan fingerprint density at radius 1 is 1.47 bits per heavy atom. The molecule has 0 saturated carbocycles. The highest BCUT2D eigenvalue weighted by molar-refractivity contribution is 7.92. The fraction of sp³-hybridized carbons (Fsp3) is 0.700. The molecule has 0 spiro atoms. The van der Waals surface area contributed by atoms with Crippen LogP contribution in [0.3, 0.4) is 0 Å². The average molecular weight is 233 g/mol. The molecule has 0 heterocycles. The molecule has 0 atom stereocenters. The number of amides is 1. The summed E-state index contributed by atoms with van der Waals surface area (Å²) in [5, 5.41) is 2.58. The first-order chi connectivity index (χ1) is 6.87. The lowest BCUT2D eigenvalue weighted by Gasteiger charge is -2.06. The number of carbonyl (C=O) groups is 1. The summed E-state index contributed by atoms with van der Waals surface area (Å²) in [5.41, 5.74) is 0. The Bertz CT molecular complexity index is 307. The second kappa shape index (κ2) is 6.61. The lowest BCUT2D eigenvalue weighted by Crippen LogP contribution is -2.32. The molecule has 0 aromatic heterocycles. The zero-order chi connectivity index (χ0) is 11.9. The fourth-order valence-electron chi connectivity index (χ4n) is 0.990. The molecular weight excluding hydrogens is 214 g/mol. The van der Waals surface area contributed by atoms with Gasteiger partial charge >= 0.3 is 0 Å². The monoisotopic (exact) mass is 233 g/mol. The van der Waals surface area contributed by atoms with Crippen LogP contribution in [0, 0.1) is 5.92 Å². The van der Waals surface area contributed by atoms with Crippen LogP contribution in [-0.4, -0.2) is 32.4 Å². The molecule has 5 heteroatoms. The molecular formula is C10H19NO3S. The molecule has 0 aliphatic rings. The summed E-state index contributed by atoms with van der Waals surface area (Å²) < 4.78 is 22.4. The van der Waals surface area contributed by atoms with Gasteiger partial charge in [0.05, 0.1) is 5.75 Å². The number of rotatable bonds is 7. The third-order valence-corrected chi connectivity index (χ3v) is 3.21. The van der Waals surface area contributed by atoms with Crippen molar-refractivity contribution in [2.45, 2.75) is 20.3 Å². The van der Waals surface area contributed by atoms with E-state index in [0.717, 1.165) is 6.42 Å². The van der Waals surface area contributed by atoms with Gasteiger partial charge in [-0.2, -0.15) is 0 Å². The van der Waals surface area contributed by atoms with Crippen molar-refractivity contribution in [3.05, 3.63) is 12.7 Å². The summed E-state index contributed by atoms with van der Waals surface area (Å²) in [7, 11) is -3.31. The van der Waals surface area contributed by atoms with Crippen LogP contribution in [0.5, 0.6) is 0 Å². The summed E-state index contributed by atoms with van der Waals surface area (Å²) >= 11 is 0. The topological polar surface area (TPSA) is 63.2 Å². The number of hydrogen-bond acceptors (Lipinski definition) is 3. The van der Waals surface area contributed by atoms with Crippen LogP contribution < -0.4 is 5.32 Å². The molecule has 1 N–H and O–H groups in total. The smallest absolute Gasteiger partial charge is 0.235 e. The van der Waals surface area contributed by atoms with Crippen LogP contribution in [0.2, 0.25) is 0 Å². The first kappa shape index (κ1) is 14.2. The van der Waals surface area contributed by atoms with Gasteiger partial charge in [0.25, 0.3) is 0 Å². The maximum atomic E-state index is 11.2. The standard InChI is InChI=1S/C10H19NO3S/c1-4-7-15(13,14)8-10(12)11-6-5-9(2)3/h4,9H,1,5-8H2,2-3H3,(H,11,12). The van der Waals surface area contributed by atoms with Crippen molar-refractivity contribution in [3.8, 4) is 0 Å². The van der Waals surface area contributed by atoms with Gasteiger partial charge in [0.2, 0.25) is 5.91 Å². The minimum atomic E-state index is -3.31. The van der Waals surface area contributed by atoms with Crippen molar-refractivity contribution in [1.82, 2.24) is 5.32 Å². The zero-order valence-corrected chi connectivity index (χ0v) is 10.1. The molecule has 0 fully saturated rings. The molecule has 4 nitrogen and oxygen atoms in total. The van der Waals surface area contributed by atoms with E-state index in [1.165, 1.54) is 6.08 Å². The largest absolute Gasteiger partial charge is 0.355 e. The lowest BCUT2D eigenvalue weighted by molar-refractivity contribution is -0.118. The molecule has 0 bridgehead atoms. The quantitative estimate of drug-likeness (QED) is 0.660. The van der Waals surface area contributed by atoms with Crippen molar-refractivity contribution < 1.29 is 13.2 Å². The number of nitrogens with one attached hydrogen (secondary N) is 1. The Hall–Kier alpha value is -0.840. The van der Waals surface area contributed by atoms with Gasteiger partial charge in [0.15, 0.2) is 9.84 Å². The second-order valence-corrected chi connectivity index (χ2v) is 5.98. The Morgan fingerprint density at radius 2 is 2.07 bits per heavy atom. The highest BCUT2D eigenvalue weighted by Crippen LogP contribution is 1.96. The van der Waals surface area contributed by atoms with Crippen LogP contribution in [-0.2, 0) is 14.6 Å². The Kier molecular flexibility index (Phi) is 6.24. The third-order valence-electron chi connectivity index (χ3n) is 1.77. The molecule has 15 heavy (non-hydrogen) atoms. The van der Waals surface area contributed by atoms with E-state index in [2.05, 4.69) is 11.9 Å². The van der Waals surface area contributed by atoms with E-state index in [0.29, 0.717) is 12.5 Å². The van der Waals surface area contributed by atoms with Gasteiger partial charge in [-0.1, -0.05) is 19.9 Å². The number of sulfone groups is 1. The van der Waals surface area contributed by atoms with Crippen LogP contribution in [0.15, 0.2) is 12.7 Å². The molecule has 0 rings (SSSR count). The van der Waals surface area contributed by atoms with E-state index in [-0.39, 0.29) is 5.75 Å². The van der Waals surface area contributed by atoms with Crippen LogP contribution in [0.25, 0.3) is 0 Å². The lowest BCUT2D eigenvalue weighted by atomic mass is 10.1. The molecule has 0 aromatic rings. The van der Waals surface area contributed by atoms with Crippen molar-refractivity contribution in [3.63, 3.8) is 0 Å². The fourth-order valence-corrected chi connectivity index (χ4v) is 1.97. The summed E-state index contributed by atoms with van der Waals surface area (Å²) in [6.07, 6.45) is 2.14. The van der Waals surface area contributed by atoms with Crippen LogP contribution in [0.1, 0.15) is 20.3 Å². The van der Waals surface area contributed by atoms with Crippen molar-refractivity contribution in [2.24, 2.45) is 5.92 Å². The minimum absolute atomic E-state index is 0.148. The van der Waals surface area contributed by atoms with E-state index >= 15 is 0 Å². The number of carbonyl (C=O) groups excluding carboxylic acids is 1. The number of hydrogen-bond donors (Lipinski definition) is 1. The maximum absolute atomic E-state index is 11.2. The van der Waals surface area contributed by atoms with Crippen molar-refractivity contribution >= 4 is 15.7 Å². The van der Waals surface area contributed by atoms with E-state index in [9.17, 15) is 13.2 Å². The zero-order valence-electron chi connectivity index (χ0n) is 9.32. The van der Waals surface area contributed by atoms with Gasteiger partial charge in [-0.25, -0.2) is 8.42 Å². The highest BCUT2D eigenvalue weighted by Gasteiger charge is 2.14. The molecule has 0 aromatic carbocycles. The molecule has 0 unspecified atom stereocenters. The summed E-state index contributed by atoms with van der Waals surface area (Å²) in [6.45, 7) is 7.94. The van der Waals surface area contributed by atoms with Gasteiger partial charge in [-0.05, 0) is 12.3 Å². The van der Waals surface area contributed by atoms with Crippen LogP contribution >= 0.6 is 0 Å². The predicted molar refractivity (Wildman–Crippen MR) is 61.3 cm³/mol. The SMILES string of the molecule is C=CCS(=O)(=O)CC(=O)NCCC(C)C. The molecule has 0 aliphatic heterocycles. The summed E-state index contributed by atoms with van der Waals surface area (Å²) in [5.74, 6) is -0.533. The van der Waals surface area contributed by atoms with E-state index < -0.39 is 21.5 Å². The average Bonchev–Trinajstić information content (AvgIpc) is 2.01. The van der Waals surface area contributed by atoms with E-state index in [4.69, 9.17) is 0 Å². The Labute approximate surface area is 91.7 Å². The molecule has 1 amide bonds. The first-order valence-corrected chi connectivity index (χ1v) is 6.77. The summed E-state index contributed by atoms with van der Waals surface area (Å²) in [6, 6.07) is 0. The van der Waals surface area contributed by atoms with Crippen LogP contribution in [0.4, 0.5) is 0 Å². The van der Waals surface area contributed by atoms with E-state index in [1.807, 2.05) is 13.8 Å². The highest BCUT2D eigenvalue weighted by atomic mass is 32.2. The predicted octanol–water partition coefficient (Wildman–Crippen LogP) is 0.749. The Morgan fingerprint density at radius 3 is 2.53 bits per heavy atom. The van der Waals surface area contributed by atoms with Gasteiger partial charge in [0, 0.05) is 6.54 Å². The van der Waals surface area contributed by atoms with Gasteiger partial charge < -0.3 is 5.32 Å². The second-order valence-electron chi connectivity index (χ2n) is 3.88. The van der Waals surface area contributed by atoms with Crippen molar-refractivity contribution in [1.29, 1.82) is 0 Å². The first-order valence-electron chi connectivity index (χ1n) is 4.95. The maximum Gasteiger partial charge on any atom is 0.235 e. The minimum Gasteiger partial charge on any atom is -0.355 e. The normalized spacial score (nSPS) is 11.4. The third kappa shape index (κ3) is 8.17. The van der Waals surface area contributed by atoms with Gasteiger partial charge in [0.1, 0.15) is 5.75 Å². The Balaban J connectivity index is 3.89. The van der Waals surface area contributed by atoms with Crippen molar-refractivity contribution in [2.75, 3.05) is 18.1 Å². The summed E-state index contributed by atoms with van der Waals surface area (Å²) in [4.78, 5) is 11.2. The van der Waals surface area contributed by atoms with Gasteiger partial charge in [-0.15, -0.1) is 6.58 Å². The molecule has 0 radical (unpaired) electrons.